The summed E-state index contributed by atoms with van der Waals surface area (Å²) in [6.07, 6.45) is 1.43. The van der Waals surface area contributed by atoms with Crippen LogP contribution in [0.25, 0.3) is 0 Å². The summed E-state index contributed by atoms with van der Waals surface area (Å²) in [6, 6.07) is 12.3. The maximum atomic E-state index is 12.3. The van der Waals surface area contributed by atoms with E-state index in [4.69, 9.17) is 16.0 Å². The monoisotopic (exact) mass is 449 g/mol. The molecule has 2 aromatic carbocycles. The molecule has 0 bridgehead atoms. The summed E-state index contributed by atoms with van der Waals surface area (Å²) in [6.45, 7) is -0.0139. The van der Waals surface area contributed by atoms with Crippen molar-refractivity contribution in [1.29, 1.82) is 0 Å². The van der Waals surface area contributed by atoms with Gasteiger partial charge >= 0.3 is 0 Å². The Kier molecular flexibility index (Phi) is 6.40. The molecule has 0 saturated heterocycles. The van der Waals surface area contributed by atoms with Crippen LogP contribution in [-0.4, -0.2) is 25.3 Å². The maximum absolute atomic E-state index is 12.3. The Balaban J connectivity index is 1.60. The molecular weight excluding hydrogens is 434 g/mol. The van der Waals surface area contributed by atoms with Crippen molar-refractivity contribution in [1.82, 2.24) is 15.6 Å². The molecule has 2 amide bonds. The molecule has 9 nitrogen and oxygen atoms in total. The van der Waals surface area contributed by atoms with Crippen molar-refractivity contribution in [2.24, 2.45) is 0 Å². The second-order valence-corrected chi connectivity index (χ2v) is 8.20. The lowest BCUT2D eigenvalue weighted by atomic mass is 10.2. The molecule has 0 aliphatic carbocycles. The lowest BCUT2D eigenvalue weighted by molar-refractivity contribution is 0.0845. The Morgan fingerprint density at radius 3 is 2.37 bits per heavy atom. The van der Waals surface area contributed by atoms with Gasteiger partial charge in [0.05, 0.1) is 23.3 Å². The number of aromatic hydroxyl groups is 1. The molecule has 1 aromatic heterocycles. The topological polar surface area (TPSA) is 138 Å². The zero-order chi connectivity index (χ0) is 21.7. The van der Waals surface area contributed by atoms with Gasteiger partial charge in [0, 0.05) is 10.6 Å². The van der Waals surface area contributed by atoms with Crippen LogP contribution in [0.4, 0.5) is 0 Å². The molecule has 3 rings (SSSR count). The molecular formula is C19H16ClN3O6S. The summed E-state index contributed by atoms with van der Waals surface area (Å²) in [4.78, 5) is 24.2. The third kappa shape index (κ3) is 5.17. The lowest BCUT2D eigenvalue weighted by Crippen LogP contribution is -2.41. The van der Waals surface area contributed by atoms with Crippen LogP contribution in [0.15, 0.2) is 70.2 Å². The van der Waals surface area contributed by atoms with Crippen molar-refractivity contribution in [3.05, 3.63) is 82.8 Å². The van der Waals surface area contributed by atoms with Crippen LogP contribution < -0.4 is 15.6 Å². The van der Waals surface area contributed by atoms with Gasteiger partial charge in [-0.3, -0.25) is 20.4 Å². The minimum Gasteiger partial charge on any atom is -0.507 e. The van der Waals surface area contributed by atoms with E-state index in [-0.39, 0.29) is 33.3 Å². The average molecular weight is 450 g/mol. The average Bonchev–Trinajstić information content (AvgIpc) is 3.26. The molecule has 11 heteroatoms. The van der Waals surface area contributed by atoms with Crippen molar-refractivity contribution in [2.75, 3.05) is 0 Å². The first-order valence-electron chi connectivity index (χ1n) is 8.47. The molecule has 1 heterocycles. The Labute approximate surface area is 176 Å². The molecule has 0 spiro atoms. The van der Waals surface area contributed by atoms with Gasteiger partial charge in [0.2, 0.25) is 10.0 Å². The molecule has 30 heavy (non-hydrogen) atoms. The first-order chi connectivity index (χ1) is 14.3. The fourth-order valence-corrected chi connectivity index (χ4v) is 3.56. The van der Waals surface area contributed by atoms with Crippen molar-refractivity contribution < 1.29 is 27.5 Å². The highest BCUT2D eigenvalue weighted by Gasteiger charge is 2.17. The van der Waals surface area contributed by atoms with E-state index in [0.717, 1.165) is 0 Å². The molecule has 0 radical (unpaired) electrons. The van der Waals surface area contributed by atoms with Gasteiger partial charge in [-0.2, -0.15) is 0 Å². The van der Waals surface area contributed by atoms with Crippen LogP contribution in [-0.2, 0) is 16.6 Å². The third-order valence-electron chi connectivity index (χ3n) is 3.94. The number of carbonyl (C=O) groups excluding carboxylic acids is 2. The van der Waals surface area contributed by atoms with Crippen molar-refractivity contribution in [2.45, 2.75) is 11.4 Å². The quantitative estimate of drug-likeness (QED) is 0.425. The summed E-state index contributed by atoms with van der Waals surface area (Å²) < 4.78 is 32.0. The van der Waals surface area contributed by atoms with Gasteiger partial charge in [0.15, 0.2) is 0 Å². The number of carbonyl (C=O) groups is 2. The van der Waals surface area contributed by atoms with E-state index in [1.807, 2.05) is 0 Å². The van der Waals surface area contributed by atoms with Crippen LogP contribution in [0.3, 0.4) is 0 Å². The number of halogens is 1. The van der Waals surface area contributed by atoms with Crippen molar-refractivity contribution in [3.8, 4) is 5.75 Å². The Morgan fingerprint density at radius 1 is 1.00 bits per heavy atom. The minimum absolute atomic E-state index is 0.0139. The number of phenols is 1. The van der Waals surface area contributed by atoms with Crippen LogP contribution in [0.5, 0.6) is 5.75 Å². The van der Waals surface area contributed by atoms with E-state index in [9.17, 15) is 23.1 Å². The standard InChI is InChI=1S/C19H16ClN3O6S/c20-13-5-8-17(24)16(10-13)19(26)23-22-18(25)12-3-6-15(7-4-12)30(27,28)21-11-14-2-1-9-29-14/h1-10,21,24H,11H2,(H,22,25)(H,23,26). The van der Waals surface area contributed by atoms with Gasteiger partial charge in [-0.25, -0.2) is 13.1 Å². The number of nitrogens with one attached hydrogen (secondary N) is 3. The number of furan rings is 1. The summed E-state index contributed by atoms with van der Waals surface area (Å²) in [5.41, 5.74) is 4.31. The molecule has 0 saturated carbocycles. The van der Waals surface area contributed by atoms with Crippen LogP contribution in [0, 0.1) is 0 Å². The van der Waals surface area contributed by atoms with E-state index in [1.165, 1.54) is 48.7 Å². The first kappa shape index (κ1) is 21.4. The fourth-order valence-electron chi connectivity index (χ4n) is 2.39. The van der Waals surface area contributed by atoms with Gasteiger partial charge in [0.1, 0.15) is 11.5 Å². The van der Waals surface area contributed by atoms with E-state index in [0.29, 0.717) is 5.76 Å². The zero-order valence-electron chi connectivity index (χ0n) is 15.3. The number of benzene rings is 2. The SMILES string of the molecule is O=C(NNC(=O)c1cc(Cl)ccc1O)c1ccc(S(=O)(=O)NCc2ccco2)cc1. The number of phenolic OH excluding ortho intramolecular Hbond substituents is 1. The second-order valence-electron chi connectivity index (χ2n) is 6.00. The smallest absolute Gasteiger partial charge is 0.273 e. The number of amides is 2. The van der Waals surface area contributed by atoms with Gasteiger partial charge in [-0.05, 0) is 54.6 Å². The van der Waals surface area contributed by atoms with E-state index < -0.39 is 21.8 Å². The van der Waals surface area contributed by atoms with Crippen LogP contribution in [0.1, 0.15) is 26.5 Å². The molecule has 3 aromatic rings. The van der Waals surface area contributed by atoms with E-state index in [2.05, 4.69) is 15.6 Å². The predicted molar refractivity (Wildman–Crippen MR) is 107 cm³/mol. The molecule has 0 aliphatic heterocycles. The third-order valence-corrected chi connectivity index (χ3v) is 5.59. The van der Waals surface area contributed by atoms with Gasteiger partial charge in [0.25, 0.3) is 11.8 Å². The highest BCUT2D eigenvalue weighted by atomic mass is 35.5. The van der Waals surface area contributed by atoms with Crippen molar-refractivity contribution in [3.63, 3.8) is 0 Å². The highest BCUT2D eigenvalue weighted by molar-refractivity contribution is 7.89. The summed E-state index contributed by atoms with van der Waals surface area (Å²) >= 11 is 5.78. The molecule has 0 atom stereocenters. The van der Waals surface area contributed by atoms with Gasteiger partial charge in [-0.1, -0.05) is 11.6 Å². The van der Waals surface area contributed by atoms with Gasteiger partial charge in [-0.15, -0.1) is 0 Å². The number of hydrazine groups is 1. The van der Waals surface area contributed by atoms with Crippen LogP contribution in [0.2, 0.25) is 5.02 Å². The zero-order valence-corrected chi connectivity index (χ0v) is 16.8. The molecule has 0 aliphatic rings. The number of sulfonamides is 1. The summed E-state index contributed by atoms with van der Waals surface area (Å²) in [7, 11) is -3.80. The number of rotatable bonds is 6. The van der Waals surface area contributed by atoms with Crippen LogP contribution >= 0.6 is 11.6 Å². The first-order valence-corrected chi connectivity index (χ1v) is 10.3. The largest absolute Gasteiger partial charge is 0.507 e. The van der Waals surface area contributed by atoms with E-state index >= 15 is 0 Å². The summed E-state index contributed by atoms with van der Waals surface area (Å²) in [5.74, 6) is -1.30. The molecule has 4 N–H and O–H groups in total. The molecule has 156 valence electrons. The van der Waals surface area contributed by atoms with Gasteiger partial charge < -0.3 is 9.52 Å². The number of hydrogen-bond acceptors (Lipinski definition) is 6. The maximum Gasteiger partial charge on any atom is 0.273 e. The molecule has 0 fully saturated rings. The Hall–Kier alpha value is -3.34. The Bertz CT molecular complexity index is 1160. The Morgan fingerprint density at radius 2 is 1.70 bits per heavy atom. The predicted octanol–water partition coefficient (Wildman–Crippen LogP) is 2.19. The summed E-state index contributed by atoms with van der Waals surface area (Å²) in [5, 5.41) is 9.94. The fraction of sp³-hybridized carbons (Fsp3) is 0.0526. The highest BCUT2D eigenvalue weighted by Crippen LogP contribution is 2.21. The normalized spacial score (nSPS) is 11.1. The minimum atomic E-state index is -3.80. The lowest BCUT2D eigenvalue weighted by Gasteiger charge is -2.10. The second kappa shape index (κ2) is 8.99. The van der Waals surface area contributed by atoms with E-state index in [1.54, 1.807) is 12.1 Å². The number of hydrogen-bond donors (Lipinski definition) is 4. The molecule has 0 unspecified atom stereocenters. The van der Waals surface area contributed by atoms with Crippen molar-refractivity contribution >= 4 is 33.4 Å².